The number of likely N-dealkylation sites (N-methyl/N-ethyl adjacent to an activating group) is 1. The quantitative estimate of drug-likeness (QED) is 0.725. The van der Waals surface area contributed by atoms with Crippen LogP contribution in [0.5, 0.6) is 0 Å². The van der Waals surface area contributed by atoms with Crippen LogP contribution in [0.1, 0.15) is 39.5 Å². The minimum Gasteiger partial charge on any atom is -0.396 e. The van der Waals surface area contributed by atoms with Crippen molar-refractivity contribution in [3.63, 3.8) is 0 Å². The summed E-state index contributed by atoms with van der Waals surface area (Å²) in [6, 6.07) is 0. The van der Waals surface area contributed by atoms with Gasteiger partial charge in [-0.3, -0.25) is 0 Å². The first-order chi connectivity index (χ1) is 6.87. The van der Waals surface area contributed by atoms with Gasteiger partial charge in [-0.05, 0) is 19.9 Å². The molecular weight excluding hydrogens is 190 g/mol. The standard InChI is InChI=1S/C12H25NO2/c1-11(2,10-14)8-13(3)9-12(15)6-4-5-7-12/h14-15H,4-10H2,1-3H3. The molecule has 0 atom stereocenters. The van der Waals surface area contributed by atoms with Crippen LogP contribution < -0.4 is 0 Å². The van der Waals surface area contributed by atoms with Crippen molar-refractivity contribution in [2.45, 2.75) is 45.1 Å². The van der Waals surface area contributed by atoms with Crippen LogP contribution in [0.3, 0.4) is 0 Å². The van der Waals surface area contributed by atoms with E-state index in [2.05, 4.69) is 4.90 Å². The van der Waals surface area contributed by atoms with Gasteiger partial charge in [-0.1, -0.05) is 26.7 Å². The summed E-state index contributed by atoms with van der Waals surface area (Å²) >= 11 is 0. The van der Waals surface area contributed by atoms with Crippen LogP contribution in [-0.2, 0) is 0 Å². The molecule has 0 aromatic heterocycles. The van der Waals surface area contributed by atoms with E-state index in [0.29, 0.717) is 0 Å². The highest BCUT2D eigenvalue weighted by Gasteiger charge is 2.33. The predicted octanol–water partition coefficient (Wildman–Crippen LogP) is 1.24. The fraction of sp³-hybridized carbons (Fsp3) is 1.00. The molecule has 90 valence electrons. The van der Waals surface area contributed by atoms with Crippen molar-refractivity contribution in [3.05, 3.63) is 0 Å². The van der Waals surface area contributed by atoms with Gasteiger partial charge < -0.3 is 15.1 Å². The SMILES string of the molecule is CN(CC(C)(C)CO)CC1(O)CCCC1. The summed E-state index contributed by atoms with van der Waals surface area (Å²) in [6.07, 6.45) is 4.15. The lowest BCUT2D eigenvalue weighted by atomic mass is 9.93. The number of hydrogen-bond donors (Lipinski definition) is 2. The summed E-state index contributed by atoms with van der Waals surface area (Å²) in [6.45, 7) is 5.84. The molecule has 2 N–H and O–H groups in total. The Morgan fingerprint density at radius 1 is 1.27 bits per heavy atom. The molecule has 1 aliphatic carbocycles. The fourth-order valence-electron chi connectivity index (χ4n) is 2.53. The monoisotopic (exact) mass is 215 g/mol. The molecule has 0 amide bonds. The van der Waals surface area contributed by atoms with Gasteiger partial charge in [0.15, 0.2) is 0 Å². The van der Waals surface area contributed by atoms with E-state index < -0.39 is 5.60 Å². The van der Waals surface area contributed by atoms with Crippen molar-refractivity contribution in [1.82, 2.24) is 4.90 Å². The maximum absolute atomic E-state index is 10.2. The molecule has 0 unspecified atom stereocenters. The first kappa shape index (κ1) is 12.9. The zero-order valence-electron chi connectivity index (χ0n) is 10.3. The summed E-state index contributed by atoms with van der Waals surface area (Å²) in [5, 5.41) is 19.4. The molecule has 0 saturated heterocycles. The van der Waals surface area contributed by atoms with E-state index >= 15 is 0 Å². The molecule has 3 heteroatoms. The van der Waals surface area contributed by atoms with Crippen LogP contribution in [0.4, 0.5) is 0 Å². The third-order valence-corrected chi connectivity index (χ3v) is 3.22. The zero-order valence-corrected chi connectivity index (χ0v) is 10.3. The number of hydrogen-bond acceptors (Lipinski definition) is 3. The topological polar surface area (TPSA) is 43.7 Å². The summed E-state index contributed by atoms with van der Waals surface area (Å²) in [5.41, 5.74) is -0.552. The summed E-state index contributed by atoms with van der Waals surface area (Å²) in [7, 11) is 2.02. The Hall–Kier alpha value is -0.120. The van der Waals surface area contributed by atoms with Crippen LogP contribution in [0, 0.1) is 5.41 Å². The van der Waals surface area contributed by atoms with E-state index in [4.69, 9.17) is 0 Å². The molecular formula is C12H25NO2. The van der Waals surface area contributed by atoms with Gasteiger partial charge in [0.05, 0.1) is 5.60 Å². The van der Waals surface area contributed by atoms with Gasteiger partial charge >= 0.3 is 0 Å². The molecule has 0 aliphatic heterocycles. The van der Waals surface area contributed by atoms with E-state index in [1.54, 1.807) is 0 Å². The van der Waals surface area contributed by atoms with Crippen molar-refractivity contribution in [3.8, 4) is 0 Å². The highest BCUT2D eigenvalue weighted by atomic mass is 16.3. The van der Waals surface area contributed by atoms with Crippen LogP contribution in [0.25, 0.3) is 0 Å². The molecule has 0 spiro atoms. The van der Waals surface area contributed by atoms with Crippen LogP contribution in [-0.4, -0.2) is 47.5 Å². The minimum atomic E-state index is -0.472. The van der Waals surface area contributed by atoms with E-state index in [0.717, 1.165) is 38.8 Å². The maximum atomic E-state index is 10.2. The van der Waals surface area contributed by atoms with Crippen molar-refractivity contribution < 1.29 is 10.2 Å². The van der Waals surface area contributed by atoms with Gasteiger partial charge in [0.1, 0.15) is 0 Å². The lowest BCUT2D eigenvalue weighted by molar-refractivity contribution is 0.00272. The van der Waals surface area contributed by atoms with Gasteiger partial charge in [0, 0.05) is 25.1 Å². The lowest BCUT2D eigenvalue weighted by Gasteiger charge is -2.33. The minimum absolute atomic E-state index is 0.0796. The second kappa shape index (κ2) is 4.81. The smallest absolute Gasteiger partial charge is 0.0774 e. The molecule has 1 saturated carbocycles. The summed E-state index contributed by atoms with van der Waals surface area (Å²) < 4.78 is 0. The maximum Gasteiger partial charge on any atom is 0.0774 e. The second-order valence-electron chi connectivity index (χ2n) is 5.93. The Morgan fingerprint density at radius 2 is 1.80 bits per heavy atom. The van der Waals surface area contributed by atoms with Crippen molar-refractivity contribution in [2.75, 3.05) is 26.7 Å². The van der Waals surface area contributed by atoms with Crippen molar-refractivity contribution in [1.29, 1.82) is 0 Å². The summed E-state index contributed by atoms with van der Waals surface area (Å²) in [4.78, 5) is 2.14. The van der Waals surface area contributed by atoms with Crippen molar-refractivity contribution >= 4 is 0 Å². The molecule has 0 aromatic rings. The normalized spacial score (nSPS) is 21.2. The largest absolute Gasteiger partial charge is 0.396 e. The molecule has 3 nitrogen and oxygen atoms in total. The van der Waals surface area contributed by atoms with Gasteiger partial charge in [-0.15, -0.1) is 0 Å². The molecule has 1 fully saturated rings. The molecule has 0 aromatic carbocycles. The third kappa shape index (κ3) is 4.09. The van der Waals surface area contributed by atoms with E-state index in [1.165, 1.54) is 0 Å². The van der Waals surface area contributed by atoms with Crippen LogP contribution in [0.2, 0.25) is 0 Å². The third-order valence-electron chi connectivity index (χ3n) is 3.22. The Bertz CT molecular complexity index is 198. The number of rotatable bonds is 5. The fourth-order valence-corrected chi connectivity index (χ4v) is 2.53. The first-order valence-electron chi connectivity index (χ1n) is 5.89. The highest BCUT2D eigenvalue weighted by Crippen LogP contribution is 2.30. The van der Waals surface area contributed by atoms with Crippen LogP contribution >= 0.6 is 0 Å². The molecule has 1 aliphatic rings. The zero-order chi connectivity index (χ0) is 11.5. The molecule has 0 radical (unpaired) electrons. The van der Waals surface area contributed by atoms with E-state index in [9.17, 15) is 10.2 Å². The Labute approximate surface area is 93.1 Å². The Morgan fingerprint density at radius 3 is 2.27 bits per heavy atom. The average molecular weight is 215 g/mol. The van der Waals surface area contributed by atoms with Gasteiger partial charge in [-0.2, -0.15) is 0 Å². The Kier molecular flexibility index (Phi) is 4.15. The van der Waals surface area contributed by atoms with Gasteiger partial charge in [0.2, 0.25) is 0 Å². The molecule has 15 heavy (non-hydrogen) atoms. The number of aliphatic hydroxyl groups excluding tert-OH is 1. The molecule has 0 heterocycles. The number of nitrogens with zero attached hydrogens (tertiary/aromatic N) is 1. The summed E-state index contributed by atoms with van der Waals surface area (Å²) in [5.74, 6) is 0. The second-order valence-corrected chi connectivity index (χ2v) is 5.93. The lowest BCUT2D eigenvalue weighted by Crippen LogP contribution is -2.43. The average Bonchev–Trinajstić information content (AvgIpc) is 2.50. The first-order valence-corrected chi connectivity index (χ1v) is 5.89. The van der Waals surface area contributed by atoms with E-state index in [1.807, 2.05) is 20.9 Å². The van der Waals surface area contributed by atoms with Crippen molar-refractivity contribution in [2.24, 2.45) is 5.41 Å². The van der Waals surface area contributed by atoms with Gasteiger partial charge in [0.25, 0.3) is 0 Å². The van der Waals surface area contributed by atoms with E-state index in [-0.39, 0.29) is 12.0 Å². The van der Waals surface area contributed by atoms with Gasteiger partial charge in [-0.25, -0.2) is 0 Å². The van der Waals surface area contributed by atoms with Crippen LogP contribution in [0.15, 0.2) is 0 Å². The molecule has 1 rings (SSSR count). The predicted molar refractivity (Wildman–Crippen MR) is 61.8 cm³/mol. The Balaban J connectivity index is 2.38. The highest BCUT2D eigenvalue weighted by molar-refractivity contribution is 4.87. The number of aliphatic hydroxyl groups is 2. The molecule has 0 bridgehead atoms.